The smallest absolute Gasteiger partial charge is 0.136 e. The van der Waals surface area contributed by atoms with Crippen molar-refractivity contribution in [3.8, 4) is 0 Å². The molecule has 4 nitrogen and oxygen atoms in total. The van der Waals surface area contributed by atoms with Crippen LogP contribution in [0.2, 0.25) is 0 Å². The number of rotatable bonds is 4. The van der Waals surface area contributed by atoms with Gasteiger partial charge in [0.2, 0.25) is 0 Å². The quantitative estimate of drug-likeness (QED) is 0.849. The third-order valence-corrected chi connectivity index (χ3v) is 4.08. The molecule has 0 saturated heterocycles. The monoisotopic (exact) mass is 298 g/mol. The number of hydrogen-bond acceptors (Lipinski definition) is 4. The van der Waals surface area contributed by atoms with E-state index in [0.29, 0.717) is 11.5 Å². The van der Waals surface area contributed by atoms with Crippen molar-refractivity contribution in [3.63, 3.8) is 0 Å². The Balaban J connectivity index is 1.88. The summed E-state index contributed by atoms with van der Waals surface area (Å²) in [5.74, 6) is 0.771. The summed E-state index contributed by atoms with van der Waals surface area (Å²) < 4.78 is 0. The van der Waals surface area contributed by atoms with Crippen molar-refractivity contribution in [2.75, 3.05) is 5.32 Å². The normalized spacial score (nSPS) is 13.0. The minimum absolute atomic E-state index is 0.387. The Morgan fingerprint density at radius 1 is 1.43 bits per heavy atom. The molecular weight excluding hydrogens is 280 g/mol. The predicted octanol–water partition coefficient (Wildman–Crippen LogP) is 2.52. The predicted molar refractivity (Wildman–Crippen MR) is 88.5 cm³/mol. The Morgan fingerprint density at radius 2 is 2.29 bits per heavy atom. The van der Waals surface area contributed by atoms with Crippen LogP contribution in [0.15, 0.2) is 24.4 Å². The summed E-state index contributed by atoms with van der Waals surface area (Å²) in [6.07, 6.45) is 5.05. The minimum atomic E-state index is 0.387. The van der Waals surface area contributed by atoms with Crippen LogP contribution >= 0.6 is 12.2 Å². The van der Waals surface area contributed by atoms with Gasteiger partial charge in [0.05, 0.1) is 17.8 Å². The lowest BCUT2D eigenvalue weighted by atomic mass is 10.1. The number of anilines is 1. The Bertz CT molecular complexity index is 697. The molecule has 0 aromatic carbocycles. The summed E-state index contributed by atoms with van der Waals surface area (Å²) in [6, 6.07) is 6.08. The molecule has 21 heavy (non-hydrogen) atoms. The highest BCUT2D eigenvalue weighted by Crippen LogP contribution is 2.25. The first-order valence-electron chi connectivity index (χ1n) is 7.12. The Hall–Kier alpha value is -2.01. The second-order valence-corrected chi connectivity index (χ2v) is 5.77. The van der Waals surface area contributed by atoms with E-state index in [0.717, 1.165) is 47.6 Å². The number of hydrogen-bond donors (Lipinski definition) is 2. The van der Waals surface area contributed by atoms with Gasteiger partial charge in [-0.05, 0) is 49.4 Å². The summed E-state index contributed by atoms with van der Waals surface area (Å²) in [5.41, 5.74) is 11.3. The van der Waals surface area contributed by atoms with Gasteiger partial charge in [-0.3, -0.25) is 4.98 Å². The largest absolute Gasteiger partial charge is 0.389 e. The highest BCUT2D eigenvalue weighted by molar-refractivity contribution is 7.80. The first kappa shape index (κ1) is 13.9. The average Bonchev–Trinajstić information content (AvgIpc) is 2.92. The molecule has 2 aromatic heterocycles. The Morgan fingerprint density at radius 3 is 3.05 bits per heavy atom. The van der Waals surface area contributed by atoms with Gasteiger partial charge in [0.15, 0.2) is 0 Å². The molecule has 1 aliphatic carbocycles. The maximum Gasteiger partial charge on any atom is 0.136 e. The van der Waals surface area contributed by atoms with E-state index in [1.54, 1.807) is 6.20 Å². The van der Waals surface area contributed by atoms with Crippen molar-refractivity contribution in [1.29, 1.82) is 0 Å². The van der Waals surface area contributed by atoms with Crippen LogP contribution in [0.4, 0.5) is 5.82 Å². The second kappa shape index (κ2) is 5.77. The second-order valence-electron chi connectivity index (χ2n) is 5.33. The molecule has 108 valence electrons. The fourth-order valence-corrected chi connectivity index (χ4v) is 2.82. The maximum atomic E-state index is 5.84. The van der Waals surface area contributed by atoms with Crippen molar-refractivity contribution in [1.82, 2.24) is 9.97 Å². The molecule has 0 bridgehead atoms. The van der Waals surface area contributed by atoms with Crippen LogP contribution in [0.25, 0.3) is 0 Å². The standard InChI is InChI=1S/C16H18N4S/c1-10-4-3-7-18-14(10)9-19-16-12(15(17)21)8-11-5-2-6-13(11)20-16/h3-4,7-8H,2,5-6,9H2,1H3,(H2,17,21)(H,19,20). The van der Waals surface area contributed by atoms with Gasteiger partial charge in [-0.1, -0.05) is 18.3 Å². The minimum Gasteiger partial charge on any atom is -0.389 e. The van der Waals surface area contributed by atoms with E-state index < -0.39 is 0 Å². The number of nitrogens with zero attached hydrogens (tertiary/aromatic N) is 2. The summed E-state index contributed by atoms with van der Waals surface area (Å²) in [5, 5.41) is 3.34. The lowest BCUT2D eigenvalue weighted by molar-refractivity contribution is 0.898. The van der Waals surface area contributed by atoms with Gasteiger partial charge in [-0.25, -0.2) is 4.98 Å². The van der Waals surface area contributed by atoms with Crippen LogP contribution < -0.4 is 11.1 Å². The van der Waals surface area contributed by atoms with Gasteiger partial charge in [-0.2, -0.15) is 0 Å². The van der Waals surface area contributed by atoms with Gasteiger partial charge in [0.25, 0.3) is 0 Å². The van der Waals surface area contributed by atoms with Crippen LogP contribution in [0.3, 0.4) is 0 Å². The number of aromatic nitrogens is 2. The number of fused-ring (bicyclic) bond motifs is 1. The van der Waals surface area contributed by atoms with Crippen molar-refractivity contribution < 1.29 is 0 Å². The number of pyridine rings is 2. The first-order valence-corrected chi connectivity index (χ1v) is 7.53. The molecule has 0 spiro atoms. The number of nitrogens with one attached hydrogen (secondary N) is 1. The summed E-state index contributed by atoms with van der Waals surface area (Å²) >= 11 is 5.16. The fourth-order valence-electron chi connectivity index (χ4n) is 2.67. The molecule has 2 aromatic rings. The zero-order valence-electron chi connectivity index (χ0n) is 12.0. The molecule has 5 heteroatoms. The summed E-state index contributed by atoms with van der Waals surface area (Å²) in [7, 11) is 0. The number of aryl methyl sites for hydroxylation is 3. The van der Waals surface area contributed by atoms with Gasteiger partial charge in [0, 0.05) is 11.9 Å². The van der Waals surface area contributed by atoms with Crippen molar-refractivity contribution in [3.05, 3.63) is 52.5 Å². The van der Waals surface area contributed by atoms with Crippen LogP contribution in [0, 0.1) is 6.92 Å². The first-order chi connectivity index (χ1) is 10.1. The Labute approximate surface area is 129 Å². The van der Waals surface area contributed by atoms with Crippen LogP contribution in [0.5, 0.6) is 0 Å². The molecule has 0 amide bonds. The van der Waals surface area contributed by atoms with Crippen LogP contribution in [-0.4, -0.2) is 15.0 Å². The van der Waals surface area contributed by atoms with E-state index in [1.165, 1.54) is 5.56 Å². The van der Waals surface area contributed by atoms with Crippen molar-refractivity contribution in [2.45, 2.75) is 32.7 Å². The summed E-state index contributed by atoms with van der Waals surface area (Å²) in [6.45, 7) is 2.67. The van der Waals surface area contributed by atoms with E-state index >= 15 is 0 Å². The number of nitrogens with two attached hydrogens (primary N) is 1. The van der Waals surface area contributed by atoms with Crippen LogP contribution in [0.1, 0.15) is 34.5 Å². The van der Waals surface area contributed by atoms with Crippen molar-refractivity contribution >= 4 is 23.0 Å². The Kier molecular flexibility index (Phi) is 3.84. The summed E-state index contributed by atoms with van der Waals surface area (Å²) in [4.78, 5) is 9.49. The topological polar surface area (TPSA) is 63.8 Å². The number of thiocarbonyl (C=S) groups is 1. The zero-order chi connectivity index (χ0) is 14.8. The zero-order valence-corrected chi connectivity index (χ0v) is 12.8. The molecule has 0 atom stereocenters. The molecule has 2 heterocycles. The van der Waals surface area contributed by atoms with Crippen molar-refractivity contribution in [2.24, 2.45) is 5.73 Å². The molecular formula is C16H18N4S. The third-order valence-electron chi connectivity index (χ3n) is 3.86. The van der Waals surface area contributed by atoms with Gasteiger partial charge >= 0.3 is 0 Å². The van der Waals surface area contributed by atoms with Gasteiger partial charge in [0.1, 0.15) is 10.8 Å². The van der Waals surface area contributed by atoms with E-state index in [2.05, 4.69) is 29.4 Å². The van der Waals surface area contributed by atoms with E-state index in [9.17, 15) is 0 Å². The fraction of sp³-hybridized carbons (Fsp3) is 0.312. The molecule has 3 rings (SSSR count). The lowest BCUT2D eigenvalue weighted by Crippen LogP contribution is -2.16. The molecule has 0 fully saturated rings. The molecule has 0 radical (unpaired) electrons. The maximum absolute atomic E-state index is 5.84. The average molecular weight is 298 g/mol. The molecule has 0 saturated carbocycles. The molecule has 1 aliphatic rings. The SMILES string of the molecule is Cc1cccnc1CNc1nc2c(cc1C(N)=S)CCC2. The third kappa shape index (κ3) is 2.88. The van der Waals surface area contributed by atoms with Gasteiger partial charge < -0.3 is 11.1 Å². The lowest BCUT2D eigenvalue weighted by Gasteiger charge is -2.13. The highest BCUT2D eigenvalue weighted by Gasteiger charge is 2.17. The van der Waals surface area contributed by atoms with E-state index in [-0.39, 0.29) is 0 Å². The highest BCUT2D eigenvalue weighted by atomic mass is 32.1. The molecule has 0 aliphatic heterocycles. The van der Waals surface area contributed by atoms with Gasteiger partial charge in [-0.15, -0.1) is 0 Å². The van der Waals surface area contributed by atoms with E-state index in [1.807, 2.05) is 6.07 Å². The molecule has 0 unspecified atom stereocenters. The molecule has 3 N–H and O–H groups in total. The van der Waals surface area contributed by atoms with E-state index in [4.69, 9.17) is 22.9 Å². The van der Waals surface area contributed by atoms with Crippen LogP contribution in [-0.2, 0) is 19.4 Å².